The molecule has 0 saturated heterocycles. The topological polar surface area (TPSA) is 67.5 Å². The Morgan fingerprint density at radius 1 is 1.44 bits per heavy atom. The fourth-order valence-electron chi connectivity index (χ4n) is 1.46. The summed E-state index contributed by atoms with van der Waals surface area (Å²) >= 11 is 0. The van der Waals surface area contributed by atoms with Crippen molar-refractivity contribution < 1.29 is 9.21 Å². The summed E-state index contributed by atoms with van der Waals surface area (Å²) in [5.41, 5.74) is 4.52. The van der Waals surface area contributed by atoms with Crippen molar-refractivity contribution in [1.82, 2.24) is 10.4 Å². The molecule has 1 N–H and O–H groups in total. The quantitative estimate of drug-likeness (QED) is 0.663. The minimum Gasteiger partial charge on any atom is -0.469 e. The Morgan fingerprint density at radius 3 is 2.89 bits per heavy atom. The van der Waals surface area contributed by atoms with E-state index in [0.29, 0.717) is 17.0 Å². The zero-order valence-corrected chi connectivity index (χ0v) is 10.2. The second kappa shape index (κ2) is 5.27. The van der Waals surface area contributed by atoms with Gasteiger partial charge in [0.25, 0.3) is 5.91 Å². The Labute approximate surface area is 105 Å². The molecule has 0 aromatic carbocycles. The number of aromatic nitrogens is 1. The van der Waals surface area contributed by atoms with Crippen molar-refractivity contribution in [2.45, 2.75) is 13.8 Å². The molecule has 2 aromatic heterocycles. The summed E-state index contributed by atoms with van der Waals surface area (Å²) in [6, 6.07) is 5.30. The van der Waals surface area contributed by atoms with Crippen molar-refractivity contribution in [2.75, 3.05) is 0 Å². The maximum Gasteiger partial charge on any atom is 0.274 e. The molecule has 0 spiro atoms. The Balaban J connectivity index is 2.08. The van der Waals surface area contributed by atoms with Crippen LogP contribution in [-0.4, -0.2) is 16.6 Å². The van der Waals surface area contributed by atoms with Crippen LogP contribution in [0, 0.1) is 6.92 Å². The number of hydrazone groups is 1. The van der Waals surface area contributed by atoms with E-state index in [2.05, 4.69) is 15.5 Å². The van der Waals surface area contributed by atoms with Crippen LogP contribution in [0.25, 0.3) is 0 Å². The SMILES string of the molecule is CC(=NNC(=O)c1ccoc1C)c1cccnc1. The fourth-order valence-corrected chi connectivity index (χ4v) is 1.46. The lowest BCUT2D eigenvalue weighted by Gasteiger charge is -2.01. The van der Waals surface area contributed by atoms with Gasteiger partial charge in [0.2, 0.25) is 0 Å². The van der Waals surface area contributed by atoms with Gasteiger partial charge in [0, 0.05) is 18.0 Å². The molecule has 5 heteroatoms. The first kappa shape index (κ1) is 12.0. The predicted molar refractivity (Wildman–Crippen MR) is 67.4 cm³/mol. The highest BCUT2D eigenvalue weighted by molar-refractivity contribution is 6.00. The molecule has 0 aliphatic heterocycles. The number of carbonyl (C=O) groups excluding carboxylic acids is 1. The van der Waals surface area contributed by atoms with Gasteiger partial charge in [0.15, 0.2) is 0 Å². The average Bonchev–Trinajstić information content (AvgIpc) is 2.83. The molecular weight excluding hydrogens is 230 g/mol. The lowest BCUT2D eigenvalue weighted by Crippen LogP contribution is -2.19. The van der Waals surface area contributed by atoms with Gasteiger partial charge in [-0.05, 0) is 26.0 Å². The fraction of sp³-hybridized carbons (Fsp3) is 0.154. The zero-order chi connectivity index (χ0) is 13.0. The Morgan fingerprint density at radius 2 is 2.28 bits per heavy atom. The number of hydrogen-bond acceptors (Lipinski definition) is 4. The van der Waals surface area contributed by atoms with Crippen LogP contribution in [0.15, 0.2) is 46.4 Å². The van der Waals surface area contributed by atoms with Gasteiger partial charge in [-0.15, -0.1) is 0 Å². The van der Waals surface area contributed by atoms with Crippen molar-refractivity contribution in [3.05, 3.63) is 53.7 Å². The number of aryl methyl sites for hydroxylation is 1. The molecular formula is C13H13N3O2. The number of amides is 1. The highest BCUT2D eigenvalue weighted by atomic mass is 16.3. The van der Waals surface area contributed by atoms with Crippen LogP contribution in [0.4, 0.5) is 0 Å². The van der Waals surface area contributed by atoms with Crippen LogP contribution in [0.2, 0.25) is 0 Å². The molecule has 18 heavy (non-hydrogen) atoms. The number of carbonyl (C=O) groups is 1. The monoisotopic (exact) mass is 243 g/mol. The van der Waals surface area contributed by atoms with E-state index in [1.54, 1.807) is 32.3 Å². The number of rotatable bonds is 3. The molecule has 0 unspecified atom stereocenters. The van der Waals surface area contributed by atoms with E-state index in [-0.39, 0.29) is 5.91 Å². The highest BCUT2D eigenvalue weighted by Gasteiger charge is 2.10. The molecule has 0 fully saturated rings. The van der Waals surface area contributed by atoms with Crippen LogP contribution in [0.3, 0.4) is 0 Å². The van der Waals surface area contributed by atoms with Gasteiger partial charge in [-0.1, -0.05) is 6.07 Å². The molecule has 0 saturated carbocycles. The van der Waals surface area contributed by atoms with Crippen molar-refractivity contribution in [2.24, 2.45) is 5.10 Å². The highest BCUT2D eigenvalue weighted by Crippen LogP contribution is 2.08. The van der Waals surface area contributed by atoms with Gasteiger partial charge in [-0.25, -0.2) is 5.43 Å². The molecule has 0 atom stereocenters. The molecule has 2 aromatic rings. The second-order valence-electron chi connectivity index (χ2n) is 3.77. The number of nitrogens with zero attached hydrogens (tertiary/aromatic N) is 2. The Hall–Kier alpha value is -2.43. The van der Waals surface area contributed by atoms with Gasteiger partial charge in [-0.2, -0.15) is 5.10 Å². The van der Waals surface area contributed by atoms with E-state index >= 15 is 0 Å². The first-order chi connectivity index (χ1) is 8.68. The number of nitrogens with one attached hydrogen (secondary N) is 1. The summed E-state index contributed by atoms with van der Waals surface area (Å²) in [5, 5.41) is 4.03. The molecule has 2 rings (SSSR count). The van der Waals surface area contributed by atoms with Gasteiger partial charge < -0.3 is 4.42 Å². The van der Waals surface area contributed by atoms with E-state index in [0.717, 1.165) is 5.56 Å². The number of pyridine rings is 1. The van der Waals surface area contributed by atoms with Crippen molar-refractivity contribution in [1.29, 1.82) is 0 Å². The molecule has 92 valence electrons. The third-order valence-electron chi connectivity index (χ3n) is 2.51. The van der Waals surface area contributed by atoms with Crippen molar-refractivity contribution >= 4 is 11.6 Å². The third-order valence-corrected chi connectivity index (χ3v) is 2.51. The van der Waals surface area contributed by atoms with E-state index in [1.165, 1.54) is 6.26 Å². The smallest absolute Gasteiger partial charge is 0.274 e. The Kier molecular flexibility index (Phi) is 3.52. The van der Waals surface area contributed by atoms with Gasteiger partial charge in [0.1, 0.15) is 5.76 Å². The van der Waals surface area contributed by atoms with Gasteiger partial charge in [-0.3, -0.25) is 9.78 Å². The minimum atomic E-state index is -0.288. The lowest BCUT2D eigenvalue weighted by atomic mass is 10.2. The summed E-state index contributed by atoms with van der Waals surface area (Å²) in [7, 11) is 0. The first-order valence-corrected chi connectivity index (χ1v) is 5.47. The van der Waals surface area contributed by atoms with E-state index in [1.807, 2.05) is 12.1 Å². The molecule has 5 nitrogen and oxygen atoms in total. The van der Waals surface area contributed by atoms with Gasteiger partial charge >= 0.3 is 0 Å². The Bertz CT molecular complexity index is 573. The molecule has 0 aliphatic rings. The van der Waals surface area contributed by atoms with Crippen LogP contribution < -0.4 is 5.43 Å². The second-order valence-corrected chi connectivity index (χ2v) is 3.77. The molecule has 2 heterocycles. The van der Waals surface area contributed by atoms with Crippen LogP contribution >= 0.6 is 0 Å². The summed E-state index contributed by atoms with van der Waals surface area (Å²) in [6.07, 6.45) is 4.85. The maximum absolute atomic E-state index is 11.8. The summed E-state index contributed by atoms with van der Waals surface area (Å²) in [6.45, 7) is 3.53. The summed E-state index contributed by atoms with van der Waals surface area (Å²) in [5.74, 6) is 0.284. The number of furan rings is 1. The molecule has 0 bridgehead atoms. The third kappa shape index (κ3) is 2.63. The standard InChI is InChI=1S/C13H13N3O2/c1-9(11-4-3-6-14-8-11)15-16-13(17)12-5-7-18-10(12)2/h3-8H,1-2H3,(H,16,17). The van der Waals surface area contributed by atoms with Crippen LogP contribution in [0.5, 0.6) is 0 Å². The zero-order valence-electron chi connectivity index (χ0n) is 10.2. The summed E-state index contributed by atoms with van der Waals surface area (Å²) in [4.78, 5) is 15.8. The van der Waals surface area contributed by atoms with Crippen LogP contribution in [-0.2, 0) is 0 Å². The molecule has 0 aliphatic carbocycles. The normalized spacial score (nSPS) is 11.3. The van der Waals surface area contributed by atoms with Gasteiger partial charge in [0.05, 0.1) is 17.5 Å². The van der Waals surface area contributed by atoms with E-state index in [4.69, 9.17) is 4.42 Å². The van der Waals surface area contributed by atoms with Crippen molar-refractivity contribution in [3.8, 4) is 0 Å². The number of hydrogen-bond donors (Lipinski definition) is 1. The van der Waals surface area contributed by atoms with E-state index in [9.17, 15) is 4.79 Å². The first-order valence-electron chi connectivity index (χ1n) is 5.47. The maximum atomic E-state index is 11.8. The van der Waals surface area contributed by atoms with E-state index < -0.39 is 0 Å². The lowest BCUT2D eigenvalue weighted by molar-refractivity contribution is 0.0953. The molecule has 0 radical (unpaired) electrons. The summed E-state index contributed by atoms with van der Waals surface area (Å²) < 4.78 is 5.06. The predicted octanol–water partition coefficient (Wildman–Crippen LogP) is 2.14. The molecule has 1 amide bonds. The minimum absolute atomic E-state index is 0.288. The average molecular weight is 243 g/mol. The largest absolute Gasteiger partial charge is 0.469 e. The van der Waals surface area contributed by atoms with Crippen LogP contribution in [0.1, 0.15) is 28.6 Å². The van der Waals surface area contributed by atoms with Crippen molar-refractivity contribution in [3.63, 3.8) is 0 Å².